The Bertz CT molecular complexity index is 366. The largest absolute Gasteiger partial charge is 0.473 e. The molecule has 1 aliphatic rings. The summed E-state index contributed by atoms with van der Waals surface area (Å²) in [5.41, 5.74) is 6.06. The Morgan fingerprint density at radius 3 is 2.81 bits per heavy atom. The Morgan fingerprint density at radius 1 is 1.44 bits per heavy atom. The van der Waals surface area contributed by atoms with Crippen LogP contribution in [0, 0.1) is 0 Å². The first-order valence-electron chi connectivity index (χ1n) is 5.28. The summed E-state index contributed by atoms with van der Waals surface area (Å²) in [5, 5.41) is 0.248. The Labute approximate surface area is 99.6 Å². The second kappa shape index (κ2) is 4.84. The predicted molar refractivity (Wildman–Crippen MR) is 62.6 cm³/mol. The lowest BCUT2D eigenvalue weighted by Crippen LogP contribution is -2.35. The molecule has 1 aliphatic heterocycles. The lowest BCUT2D eigenvalue weighted by Gasteiger charge is -2.29. The molecule has 2 N–H and O–H groups in total. The van der Waals surface area contributed by atoms with E-state index in [9.17, 15) is 0 Å². The van der Waals surface area contributed by atoms with Crippen molar-refractivity contribution in [3.05, 3.63) is 11.5 Å². The van der Waals surface area contributed by atoms with Crippen LogP contribution in [0.4, 0.5) is 5.69 Å². The number of hydrogen-bond acceptors (Lipinski definition) is 5. The molecule has 2 rings (SSSR count). The summed E-state index contributed by atoms with van der Waals surface area (Å²) in [6.07, 6.45) is 3.50. The van der Waals surface area contributed by atoms with E-state index in [0.717, 1.165) is 25.9 Å². The van der Waals surface area contributed by atoms with Crippen molar-refractivity contribution in [3.8, 4) is 5.88 Å². The van der Waals surface area contributed by atoms with Crippen LogP contribution in [0.5, 0.6) is 5.88 Å². The number of anilines is 1. The topological polar surface area (TPSA) is 64.3 Å². The van der Waals surface area contributed by atoms with Crippen LogP contribution in [-0.2, 0) is 0 Å². The van der Waals surface area contributed by atoms with Gasteiger partial charge in [-0.25, -0.2) is 4.98 Å². The van der Waals surface area contributed by atoms with Crippen LogP contribution in [-0.4, -0.2) is 41.1 Å². The summed E-state index contributed by atoms with van der Waals surface area (Å²) in [5.74, 6) is 0.398. The van der Waals surface area contributed by atoms with Gasteiger partial charge in [0.05, 0.1) is 0 Å². The Kier molecular flexibility index (Phi) is 3.46. The maximum absolute atomic E-state index is 5.79. The lowest BCUT2D eigenvalue weighted by atomic mass is 10.1. The number of hydrogen-bond donors (Lipinski definition) is 1. The van der Waals surface area contributed by atoms with Gasteiger partial charge in [0.15, 0.2) is 5.15 Å². The lowest BCUT2D eigenvalue weighted by molar-refractivity contribution is 0.110. The van der Waals surface area contributed by atoms with Crippen molar-refractivity contribution in [1.29, 1.82) is 0 Å². The van der Waals surface area contributed by atoms with Crippen molar-refractivity contribution >= 4 is 17.3 Å². The molecule has 88 valence electrons. The molecule has 0 spiro atoms. The molecule has 0 amide bonds. The van der Waals surface area contributed by atoms with Crippen LogP contribution in [0.3, 0.4) is 0 Å². The molecular formula is C10H15ClN4O. The van der Waals surface area contributed by atoms with E-state index >= 15 is 0 Å². The van der Waals surface area contributed by atoms with E-state index in [1.807, 2.05) is 0 Å². The molecule has 2 heterocycles. The molecule has 0 aromatic carbocycles. The average Bonchev–Trinajstić information content (AvgIpc) is 2.28. The first-order valence-corrected chi connectivity index (χ1v) is 5.66. The van der Waals surface area contributed by atoms with Gasteiger partial charge in [0.2, 0.25) is 5.88 Å². The molecule has 1 aromatic heterocycles. The second-order valence-corrected chi connectivity index (χ2v) is 4.36. The number of rotatable bonds is 2. The quantitative estimate of drug-likeness (QED) is 0.790. The third kappa shape index (κ3) is 2.54. The predicted octanol–water partition coefficient (Wildman–Crippen LogP) is 1.19. The van der Waals surface area contributed by atoms with Gasteiger partial charge < -0.3 is 15.4 Å². The summed E-state index contributed by atoms with van der Waals surface area (Å²) in [4.78, 5) is 10.1. The fourth-order valence-corrected chi connectivity index (χ4v) is 1.84. The average molecular weight is 243 g/mol. The zero-order valence-electron chi connectivity index (χ0n) is 9.19. The Hall–Kier alpha value is -1.07. The van der Waals surface area contributed by atoms with Crippen molar-refractivity contribution in [2.45, 2.75) is 18.9 Å². The zero-order valence-corrected chi connectivity index (χ0v) is 9.94. The summed E-state index contributed by atoms with van der Waals surface area (Å²) >= 11 is 5.79. The van der Waals surface area contributed by atoms with Gasteiger partial charge in [-0.1, -0.05) is 11.6 Å². The molecular weight excluding hydrogens is 228 g/mol. The number of likely N-dealkylation sites (tertiary alicyclic amines) is 1. The van der Waals surface area contributed by atoms with Gasteiger partial charge in [0, 0.05) is 13.1 Å². The van der Waals surface area contributed by atoms with Crippen molar-refractivity contribution in [3.63, 3.8) is 0 Å². The van der Waals surface area contributed by atoms with Crippen LogP contribution in [0.15, 0.2) is 6.33 Å². The molecule has 0 bridgehead atoms. The number of aromatic nitrogens is 2. The first kappa shape index (κ1) is 11.4. The minimum atomic E-state index is 0.171. The fourth-order valence-electron chi connectivity index (χ4n) is 1.71. The second-order valence-electron chi connectivity index (χ2n) is 4.00. The SMILES string of the molecule is CN1CCC(Oc2ncnc(Cl)c2N)CC1. The molecule has 1 saturated heterocycles. The smallest absolute Gasteiger partial charge is 0.242 e. The molecule has 5 nitrogen and oxygen atoms in total. The third-order valence-electron chi connectivity index (χ3n) is 2.74. The van der Waals surface area contributed by atoms with E-state index in [0.29, 0.717) is 11.6 Å². The van der Waals surface area contributed by atoms with Crippen LogP contribution in [0.2, 0.25) is 5.15 Å². The van der Waals surface area contributed by atoms with Crippen LogP contribution < -0.4 is 10.5 Å². The number of halogens is 1. The van der Waals surface area contributed by atoms with E-state index in [1.165, 1.54) is 6.33 Å². The van der Waals surface area contributed by atoms with Gasteiger partial charge in [-0.05, 0) is 19.9 Å². The third-order valence-corrected chi connectivity index (χ3v) is 3.04. The molecule has 0 aliphatic carbocycles. The van der Waals surface area contributed by atoms with E-state index in [-0.39, 0.29) is 11.3 Å². The molecule has 0 radical (unpaired) electrons. The van der Waals surface area contributed by atoms with E-state index in [4.69, 9.17) is 22.1 Å². The van der Waals surface area contributed by atoms with Crippen molar-refractivity contribution in [1.82, 2.24) is 14.9 Å². The minimum absolute atomic E-state index is 0.171. The normalized spacial score (nSPS) is 18.6. The van der Waals surface area contributed by atoms with E-state index < -0.39 is 0 Å². The molecule has 0 atom stereocenters. The monoisotopic (exact) mass is 242 g/mol. The van der Waals surface area contributed by atoms with Crippen LogP contribution in [0.1, 0.15) is 12.8 Å². The summed E-state index contributed by atoms with van der Waals surface area (Å²) in [7, 11) is 2.10. The maximum atomic E-state index is 5.79. The van der Waals surface area contributed by atoms with Gasteiger partial charge in [0.1, 0.15) is 18.1 Å². The van der Waals surface area contributed by atoms with E-state index in [2.05, 4.69) is 21.9 Å². The molecule has 16 heavy (non-hydrogen) atoms. The first-order chi connectivity index (χ1) is 7.66. The number of nitrogens with zero attached hydrogens (tertiary/aromatic N) is 3. The van der Waals surface area contributed by atoms with Crippen molar-refractivity contribution < 1.29 is 4.74 Å². The van der Waals surface area contributed by atoms with Crippen LogP contribution >= 0.6 is 11.6 Å². The van der Waals surface area contributed by atoms with Gasteiger partial charge in [-0.2, -0.15) is 4.98 Å². The molecule has 0 unspecified atom stereocenters. The van der Waals surface area contributed by atoms with E-state index in [1.54, 1.807) is 0 Å². The van der Waals surface area contributed by atoms with Gasteiger partial charge in [0.25, 0.3) is 0 Å². The van der Waals surface area contributed by atoms with Gasteiger partial charge >= 0.3 is 0 Å². The number of piperidine rings is 1. The van der Waals surface area contributed by atoms with Crippen molar-refractivity contribution in [2.75, 3.05) is 25.9 Å². The van der Waals surface area contributed by atoms with Gasteiger partial charge in [-0.3, -0.25) is 0 Å². The Balaban J connectivity index is 2.01. The number of nitrogens with two attached hydrogens (primary N) is 1. The Morgan fingerprint density at radius 2 is 2.12 bits per heavy atom. The van der Waals surface area contributed by atoms with Crippen molar-refractivity contribution in [2.24, 2.45) is 0 Å². The number of nitrogen functional groups attached to an aromatic ring is 1. The van der Waals surface area contributed by atoms with Gasteiger partial charge in [-0.15, -0.1) is 0 Å². The molecule has 1 fully saturated rings. The minimum Gasteiger partial charge on any atom is -0.473 e. The highest BCUT2D eigenvalue weighted by Gasteiger charge is 2.20. The fraction of sp³-hybridized carbons (Fsp3) is 0.600. The molecule has 0 saturated carbocycles. The van der Waals surface area contributed by atoms with Crippen LogP contribution in [0.25, 0.3) is 0 Å². The summed E-state index contributed by atoms with van der Waals surface area (Å²) in [6, 6.07) is 0. The molecule has 1 aromatic rings. The maximum Gasteiger partial charge on any atom is 0.242 e. The number of ether oxygens (including phenoxy) is 1. The highest BCUT2D eigenvalue weighted by Crippen LogP contribution is 2.26. The summed E-state index contributed by atoms with van der Waals surface area (Å²) < 4.78 is 5.73. The highest BCUT2D eigenvalue weighted by atomic mass is 35.5. The highest BCUT2D eigenvalue weighted by molar-refractivity contribution is 6.32. The summed E-state index contributed by atoms with van der Waals surface area (Å²) in [6.45, 7) is 2.06. The molecule has 6 heteroatoms. The zero-order chi connectivity index (χ0) is 11.5. The standard InChI is InChI=1S/C10H15ClN4O/c1-15-4-2-7(3-5-15)16-10-8(12)9(11)13-6-14-10/h6-7H,2-5,12H2,1H3.